The summed E-state index contributed by atoms with van der Waals surface area (Å²) in [7, 11) is 0. The van der Waals surface area contributed by atoms with Crippen LogP contribution < -0.4 is 5.32 Å². The number of nitrogens with one attached hydrogen (secondary N) is 1. The fourth-order valence-corrected chi connectivity index (χ4v) is 3.85. The summed E-state index contributed by atoms with van der Waals surface area (Å²) in [5, 5.41) is 12.6. The highest BCUT2D eigenvalue weighted by atomic mass is 35.5. The molecule has 0 atom stereocenters. The van der Waals surface area contributed by atoms with E-state index in [1.165, 1.54) is 11.8 Å². The van der Waals surface area contributed by atoms with Gasteiger partial charge in [-0.05, 0) is 36.4 Å². The van der Waals surface area contributed by atoms with E-state index in [-0.39, 0.29) is 11.7 Å². The number of benzene rings is 1. The normalized spacial score (nSPS) is 10.8. The fraction of sp³-hybridized carbons (Fsp3) is 0.0526. The van der Waals surface area contributed by atoms with E-state index < -0.39 is 0 Å². The summed E-state index contributed by atoms with van der Waals surface area (Å²) >= 11 is 13.5. The lowest BCUT2D eigenvalue weighted by Gasteiger charge is -2.11. The van der Waals surface area contributed by atoms with Crippen LogP contribution in [0.1, 0.15) is 0 Å². The van der Waals surface area contributed by atoms with Crippen molar-refractivity contribution in [2.75, 3.05) is 11.1 Å². The number of aromatic nitrogens is 5. The summed E-state index contributed by atoms with van der Waals surface area (Å²) < 4.78 is 3.66. The van der Waals surface area contributed by atoms with Gasteiger partial charge in [0, 0.05) is 30.4 Å². The summed E-state index contributed by atoms with van der Waals surface area (Å²) in [6.07, 6.45) is 7.15. The third kappa shape index (κ3) is 4.29. The molecule has 0 aliphatic carbocycles. The van der Waals surface area contributed by atoms with E-state index >= 15 is 0 Å². The molecule has 10 heteroatoms. The predicted octanol–water partition coefficient (Wildman–Crippen LogP) is 4.49. The van der Waals surface area contributed by atoms with Gasteiger partial charge < -0.3 is 5.32 Å². The molecule has 0 bridgehead atoms. The molecule has 4 rings (SSSR count). The first-order valence-electron chi connectivity index (χ1n) is 8.49. The molecule has 1 N–H and O–H groups in total. The van der Waals surface area contributed by atoms with Gasteiger partial charge in [0.25, 0.3) is 0 Å². The van der Waals surface area contributed by atoms with Gasteiger partial charge in [0.1, 0.15) is 0 Å². The molecule has 0 saturated carbocycles. The first-order chi connectivity index (χ1) is 14.1. The van der Waals surface area contributed by atoms with Crippen molar-refractivity contribution >= 4 is 46.6 Å². The Balaban J connectivity index is 1.56. The van der Waals surface area contributed by atoms with E-state index in [1.54, 1.807) is 30.6 Å². The summed E-state index contributed by atoms with van der Waals surface area (Å²) in [5.74, 6) is 0.468. The van der Waals surface area contributed by atoms with Crippen molar-refractivity contribution < 1.29 is 4.79 Å². The van der Waals surface area contributed by atoms with Crippen LogP contribution in [0.4, 0.5) is 5.69 Å². The van der Waals surface area contributed by atoms with Crippen LogP contribution in [0.3, 0.4) is 0 Å². The molecular formula is C19H14Cl2N6OS. The number of anilines is 1. The molecule has 29 heavy (non-hydrogen) atoms. The van der Waals surface area contributed by atoms with Crippen LogP contribution >= 0.6 is 35.0 Å². The van der Waals surface area contributed by atoms with E-state index in [2.05, 4.69) is 20.5 Å². The topological polar surface area (TPSA) is 77.6 Å². The van der Waals surface area contributed by atoms with Gasteiger partial charge >= 0.3 is 0 Å². The molecule has 0 fully saturated rings. The Hall–Kier alpha value is -2.81. The van der Waals surface area contributed by atoms with E-state index in [0.29, 0.717) is 26.7 Å². The van der Waals surface area contributed by atoms with E-state index in [0.717, 1.165) is 5.56 Å². The zero-order valence-electron chi connectivity index (χ0n) is 14.9. The van der Waals surface area contributed by atoms with Crippen LogP contribution in [0, 0.1) is 0 Å². The third-order valence-electron chi connectivity index (χ3n) is 3.91. The average molecular weight is 445 g/mol. The second kappa shape index (κ2) is 8.69. The van der Waals surface area contributed by atoms with Crippen molar-refractivity contribution in [1.82, 2.24) is 24.5 Å². The molecule has 0 radical (unpaired) electrons. The maximum atomic E-state index is 12.4. The van der Waals surface area contributed by atoms with Crippen molar-refractivity contribution in [2.24, 2.45) is 0 Å². The molecule has 0 spiro atoms. The number of halogens is 2. The summed E-state index contributed by atoms with van der Waals surface area (Å²) in [6, 6.07) is 12.6. The van der Waals surface area contributed by atoms with Crippen LogP contribution in [0.15, 0.2) is 72.4 Å². The molecular weight excluding hydrogens is 431 g/mol. The number of carbonyl (C=O) groups excluding carboxylic acids is 1. The lowest BCUT2D eigenvalue weighted by molar-refractivity contribution is -0.113. The lowest BCUT2D eigenvalue weighted by atomic mass is 10.3. The summed E-state index contributed by atoms with van der Waals surface area (Å²) in [5.41, 5.74) is 1.21. The van der Waals surface area contributed by atoms with E-state index in [4.69, 9.17) is 23.2 Å². The molecule has 7 nitrogen and oxygen atoms in total. The number of para-hydroxylation sites is 1. The standard InChI is InChI=1S/C19H14Cl2N6OS/c20-14-6-3-7-15(21)17(14)23-16(28)12-29-19-25-24-18(13-5-4-8-22-11-13)27(19)26-9-1-2-10-26/h1-11H,12H2,(H,23,28). The Morgan fingerprint density at radius 2 is 1.79 bits per heavy atom. The fourth-order valence-electron chi connectivity index (χ4n) is 2.62. The van der Waals surface area contributed by atoms with Crippen molar-refractivity contribution in [3.63, 3.8) is 0 Å². The number of hydrogen-bond donors (Lipinski definition) is 1. The second-order valence-electron chi connectivity index (χ2n) is 5.86. The molecule has 0 aliphatic heterocycles. The monoisotopic (exact) mass is 444 g/mol. The Morgan fingerprint density at radius 1 is 1.03 bits per heavy atom. The quantitative estimate of drug-likeness (QED) is 0.443. The maximum Gasteiger partial charge on any atom is 0.234 e. The minimum atomic E-state index is -0.255. The zero-order chi connectivity index (χ0) is 20.2. The van der Waals surface area contributed by atoms with Crippen molar-refractivity contribution in [2.45, 2.75) is 5.16 Å². The zero-order valence-corrected chi connectivity index (χ0v) is 17.2. The molecule has 3 aromatic heterocycles. The molecule has 146 valence electrons. The Bertz CT molecular complexity index is 1110. The first-order valence-corrected chi connectivity index (χ1v) is 10.2. The minimum Gasteiger partial charge on any atom is -0.323 e. The van der Waals surface area contributed by atoms with Crippen molar-refractivity contribution in [1.29, 1.82) is 0 Å². The van der Waals surface area contributed by atoms with Crippen LogP contribution in [0.2, 0.25) is 10.0 Å². The second-order valence-corrected chi connectivity index (χ2v) is 7.61. The largest absolute Gasteiger partial charge is 0.323 e. The Morgan fingerprint density at radius 3 is 2.48 bits per heavy atom. The van der Waals surface area contributed by atoms with Crippen molar-refractivity contribution in [3.05, 3.63) is 77.3 Å². The highest BCUT2D eigenvalue weighted by Crippen LogP contribution is 2.30. The molecule has 1 aromatic carbocycles. The molecule has 0 aliphatic rings. The molecule has 0 saturated heterocycles. The maximum absolute atomic E-state index is 12.4. The Kier molecular flexibility index (Phi) is 5.84. The number of rotatable bonds is 6. The molecule has 1 amide bonds. The number of pyridine rings is 1. The molecule has 0 unspecified atom stereocenters. The van der Waals surface area contributed by atoms with Gasteiger partial charge in [0.05, 0.1) is 21.5 Å². The lowest BCUT2D eigenvalue weighted by Crippen LogP contribution is -2.16. The third-order valence-corrected chi connectivity index (χ3v) is 5.46. The number of carbonyl (C=O) groups is 1. The SMILES string of the molecule is O=C(CSc1nnc(-c2cccnc2)n1-n1cccc1)Nc1c(Cl)cccc1Cl. The number of amides is 1. The van der Waals surface area contributed by atoms with Gasteiger partial charge in [0.2, 0.25) is 11.1 Å². The van der Waals surface area contributed by atoms with Gasteiger partial charge in [0.15, 0.2) is 5.82 Å². The number of thioether (sulfide) groups is 1. The van der Waals surface area contributed by atoms with Crippen molar-refractivity contribution in [3.8, 4) is 11.4 Å². The van der Waals surface area contributed by atoms with Gasteiger partial charge in [-0.3, -0.25) is 14.5 Å². The van der Waals surface area contributed by atoms with Crippen LogP contribution in [0.25, 0.3) is 11.4 Å². The molecule has 4 aromatic rings. The van der Waals surface area contributed by atoms with Gasteiger partial charge in [-0.15, -0.1) is 10.2 Å². The van der Waals surface area contributed by atoms with Gasteiger partial charge in [-0.2, -0.15) is 0 Å². The highest BCUT2D eigenvalue weighted by molar-refractivity contribution is 7.99. The molecule has 3 heterocycles. The smallest absolute Gasteiger partial charge is 0.234 e. The number of hydrogen-bond acceptors (Lipinski definition) is 5. The highest BCUT2D eigenvalue weighted by Gasteiger charge is 2.18. The summed E-state index contributed by atoms with van der Waals surface area (Å²) in [6.45, 7) is 0. The summed E-state index contributed by atoms with van der Waals surface area (Å²) in [4.78, 5) is 16.6. The van der Waals surface area contributed by atoms with Gasteiger partial charge in [-0.1, -0.05) is 41.0 Å². The minimum absolute atomic E-state index is 0.105. The average Bonchev–Trinajstić information content (AvgIpc) is 3.39. The number of nitrogens with zero attached hydrogens (tertiary/aromatic N) is 5. The Labute approximate surface area is 180 Å². The van der Waals surface area contributed by atoms with E-state index in [9.17, 15) is 4.79 Å². The van der Waals surface area contributed by atoms with Crippen LogP contribution in [0.5, 0.6) is 0 Å². The van der Waals surface area contributed by atoms with E-state index in [1.807, 2.05) is 46.0 Å². The van der Waals surface area contributed by atoms with Gasteiger partial charge in [-0.25, -0.2) is 4.68 Å². The van der Waals surface area contributed by atoms with Crippen LogP contribution in [-0.2, 0) is 4.79 Å². The first kappa shape index (κ1) is 19.5. The van der Waals surface area contributed by atoms with Crippen LogP contribution in [-0.4, -0.2) is 36.2 Å². The predicted molar refractivity (Wildman–Crippen MR) is 114 cm³/mol.